The van der Waals surface area contributed by atoms with Crippen LogP contribution in [0.4, 0.5) is 4.39 Å². The molecule has 0 bridgehead atoms. The molecule has 3 aromatic rings. The zero-order valence-corrected chi connectivity index (χ0v) is 20.7. The van der Waals surface area contributed by atoms with Crippen LogP contribution in [0.25, 0.3) is 0 Å². The first-order valence-electron chi connectivity index (χ1n) is 11.6. The molecule has 0 aliphatic carbocycles. The van der Waals surface area contributed by atoms with Crippen molar-refractivity contribution in [2.24, 2.45) is 0 Å². The van der Waals surface area contributed by atoms with Gasteiger partial charge in [0, 0.05) is 24.0 Å². The van der Waals surface area contributed by atoms with Crippen LogP contribution in [0, 0.1) is 5.82 Å². The molecular formula is C28H30ClFN2O3. The van der Waals surface area contributed by atoms with E-state index >= 15 is 0 Å². The van der Waals surface area contributed by atoms with E-state index in [2.05, 4.69) is 5.32 Å². The second-order valence-corrected chi connectivity index (χ2v) is 8.83. The molecule has 0 unspecified atom stereocenters. The lowest BCUT2D eigenvalue weighted by Crippen LogP contribution is -2.53. The average molecular weight is 497 g/mol. The molecule has 3 rings (SSSR count). The van der Waals surface area contributed by atoms with Crippen molar-refractivity contribution in [2.45, 2.75) is 45.3 Å². The van der Waals surface area contributed by atoms with Crippen molar-refractivity contribution in [3.8, 4) is 5.75 Å². The summed E-state index contributed by atoms with van der Waals surface area (Å²) in [5.74, 6) is -1.28. The number of nitrogens with one attached hydrogen (secondary N) is 1. The number of halogens is 2. The minimum atomic E-state index is -0.804. The highest BCUT2D eigenvalue weighted by atomic mass is 35.5. The van der Waals surface area contributed by atoms with E-state index in [1.165, 1.54) is 17.0 Å². The molecule has 0 aromatic heterocycles. The minimum Gasteiger partial charge on any atom is -0.481 e. The summed E-state index contributed by atoms with van der Waals surface area (Å²) in [6, 6.07) is 21.7. The average Bonchev–Trinajstić information content (AvgIpc) is 2.86. The number of ether oxygens (including phenoxy) is 1. The van der Waals surface area contributed by atoms with Gasteiger partial charge < -0.3 is 15.0 Å². The van der Waals surface area contributed by atoms with Gasteiger partial charge in [0.15, 0.2) is 18.2 Å². The first kappa shape index (κ1) is 26.2. The Balaban J connectivity index is 1.92. The van der Waals surface area contributed by atoms with Gasteiger partial charge in [-0.25, -0.2) is 4.39 Å². The first-order chi connectivity index (χ1) is 16.9. The van der Waals surface area contributed by atoms with Gasteiger partial charge in [0.1, 0.15) is 6.04 Å². The van der Waals surface area contributed by atoms with Gasteiger partial charge in [0.2, 0.25) is 5.91 Å². The molecule has 0 radical (unpaired) electrons. The second kappa shape index (κ2) is 12.9. The predicted octanol–water partition coefficient (Wildman–Crippen LogP) is 5.41. The largest absolute Gasteiger partial charge is 0.481 e. The molecule has 0 saturated heterocycles. The Labute approximate surface area is 210 Å². The molecule has 35 heavy (non-hydrogen) atoms. The summed E-state index contributed by atoms with van der Waals surface area (Å²) < 4.78 is 19.6. The zero-order chi connectivity index (χ0) is 25.2. The number of hydrogen-bond acceptors (Lipinski definition) is 3. The van der Waals surface area contributed by atoms with Crippen LogP contribution in [0.2, 0.25) is 5.02 Å². The number of nitrogens with zero attached hydrogens (tertiary/aromatic N) is 1. The number of amides is 2. The van der Waals surface area contributed by atoms with Crippen molar-refractivity contribution < 1.29 is 18.7 Å². The molecule has 2 amide bonds. The Bertz CT molecular complexity index is 1130. The number of hydrogen-bond donors (Lipinski definition) is 1. The third-order valence-corrected chi connectivity index (χ3v) is 5.94. The van der Waals surface area contributed by atoms with Crippen LogP contribution in [-0.2, 0) is 22.6 Å². The van der Waals surface area contributed by atoms with Crippen LogP contribution < -0.4 is 10.1 Å². The molecular weight excluding hydrogens is 467 g/mol. The van der Waals surface area contributed by atoms with Crippen LogP contribution >= 0.6 is 11.6 Å². The number of para-hydroxylation sites is 1. The fourth-order valence-electron chi connectivity index (χ4n) is 3.61. The molecule has 0 aliphatic rings. The van der Waals surface area contributed by atoms with Gasteiger partial charge in [-0.15, -0.1) is 0 Å². The van der Waals surface area contributed by atoms with Crippen LogP contribution in [-0.4, -0.2) is 35.4 Å². The lowest BCUT2D eigenvalue weighted by Gasteiger charge is -2.32. The van der Waals surface area contributed by atoms with Crippen molar-refractivity contribution in [1.82, 2.24) is 10.2 Å². The number of carbonyl (C=O) groups excluding carboxylic acids is 2. The second-order valence-electron chi connectivity index (χ2n) is 8.39. The zero-order valence-electron chi connectivity index (χ0n) is 19.9. The molecule has 0 aliphatic heterocycles. The fraction of sp³-hybridized carbons (Fsp3) is 0.286. The maximum Gasteiger partial charge on any atom is 0.261 e. The van der Waals surface area contributed by atoms with Crippen molar-refractivity contribution in [2.75, 3.05) is 6.61 Å². The van der Waals surface area contributed by atoms with Crippen LogP contribution in [0.15, 0.2) is 78.9 Å². The summed E-state index contributed by atoms with van der Waals surface area (Å²) >= 11 is 6.18. The van der Waals surface area contributed by atoms with Crippen LogP contribution in [0.5, 0.6) is 5.75 Å². The van der Waals surface area contributed by atoms with E-state index < -0.39 is 24.4 Å². The quantitative estimate of drug-likeness (QED) is 0.386. The van der Waals surface area contributed by atoms with Crippen LogP contribution in [0.1, 0.15) is 31.4 Å². The fourth-order valence-corrected chi connectivity index (χ4v) is 3.82. The van der Waals surface area contributed by atoms with Gasteiger partial charge in [0.25, 0.3) is 5.91 Å². The lowest BCUT2D eigenvalue weighted by molar-refractivity contribution is -0.143. The van der Waals surface area contributed by atoms with E-state index in [9.17, 15) is 14.0 Å². The normalized spacial score (nSPS) is 12.5. The summed E-state index contributed by atoms with van der Waals surface area (Å²) in [6.45, 7) is 3.63. The highest BCUT2D eigenvalue weighted by Crippen LogP contribution is 2.19. The number of benzene rings is 3. The molecule has 0 fully saturated rings. The van der Waals surface area contributed by atoms with Crippen molar-refractivity contribution in [3.63, 3.8) is 0 Å². The van der Waals surface area contributed by atoms with Gasteiger partial charge in [-0.05, 0) is 48.7 Å². The van der Waals surface area contributed by atoms with Gasteiger partial charge in [0.05, 0.1) is 0 Å². The highest BCUT2D eigenvalue weighted by molar-refractivity contribution is 6.30. The molecule has 0 saturated carbocycles. The smallest absolute Gasteiger partial charge is 0.261 e. The van der Waals surface area contributed by atoms with Crippen LogP contribution in [0.3, 0.4) is 0 Å². The Morgan fingerprint density at radius 1 is 1.00 bits per heavy atom. The number of rotatable bonds is 11. The van der Waals surface area contributed by atoms with E-state index in [-0.39, 0.29) is 24.2 Å². The lowest BCUT2D eigenvalue weighted by atomic mass is 10.0. The third kappa shape index (κ3) is 7.82. The maximum atomic E-state index is 14.1. The Morgan fingerprint density at radius 3 is 2.37 bits per heavy atom. The molecule has 1 N–H and O–H groups in total. The third-order valence-electron chi connectivity index (χ3n) is 5.70. The Hall–Kier alpha value is -3.38. The molecule has 3 aromatic carbocycles. The van der Waals surface area contributed by atoms with E-state index in [0.29, 0.717) is 11.4 Å². The van der Waals surface area contributed by atoms with Crippen molar-refractivity contribution in [3.05, 3.63) is 101 Å². The molecule has 2 atom stereocenters. The van der Waals surface area contributed by atoms with Crippen molar-refractivity contribution in [1.29, 1.82) is 0 Å². The Morgan fingerprint density at radius 2 is 1.69 bits per heavy atom. The molecule has 7 heteroatoms. The summed E-state index contributed by atoms with van der Waals surface area (Å²) in [4.78, 5) is 28.4. The van der Waals surface area contributed by atoms with E-state index in [1.54, 1.807) is 30.3 Å². The maximum absolute atomic E-state index is 14.1. The molecule has 5 nitrogen and oxygen atoms in total. The van der Waals surface area contributed by atoms with Gasteiger partial charge >= 0.3 is 0 Å². The summed E-state index contributed by atoms with van der Waals surface area (Å²) in [6.07, 6.45) is 1.07. The summed E-state index contributed by atoms with van der Waals surface area (Å²) in [5.41, 5.74) is 1.68. The minimum absolute atomic E-state index is 0.0211. The van der Waals surface area contributed by atoms with E-state index in [0.717, 1.165) is 17.5 Å². The van der Waals surface area contributed by atoms with Crippen molar-refractivity contribution >= 4 is 23.4 Å². The van der Waals surface area contributed by atoms with E-state index in [4.69, 9.17) is 16.3 Å². The standard InChI is InChI=1S/C28H30ClFN2O3/c1-3-20(2)31-28(34)25(17-21-10-5-4-6-11-21)32(18-22-12-9-13-23(29)16-22)27(33)19-35-26-15-8-7-14-24(26)30/h4-16,20,25H,3,17-19H2,1-2H3,(H,31,34)/t20-,25+/m1/s1. The monoisotopic (exact) mass is 496 g/mol. The predicted molar refractivity (Wildman–Crippen MR) is 136 cm³/mol. The van der Waals surface area contributed by atoms with E-state index in [1.807, 2.05) is 50.2 Å². The summed E-state index contributed by atoms with van der Waals surface area (Å²) in [5, 5.41) is 3.53. The first-order valence-corrected chi connectivity index (χ1v) is 12.0. The van der Waals surface area contributed by atoms with Gasteiger partial charge in [-0.2, -0.15) is 0 Å². The SMILES string of the molecule is CC[C@@H](C)NC(=O)[C@H](Cc1ccccc1)N(Cc1cccc(Cl)c1)C(=O)COc1ccccc1F. The topological polar surface area (TPSA) is 58.6 Å². The summed E-state index contributed by atoms with van der Waals surface area (Å²) in [7, 11) is 0. The molecule has 184 valence electrons. The van der Waals surface area contributed by atoms with Gasteiger partial charge in [-0.1, -0.05) is 73.1 Å². The highest BCUT2D eigenvalue weighted by Gasteiger charge is 2.31. The molecule has 0 heterocycles. The number of carbonyl (C=O) groups is 2. The van der Waals surface area contributed by atoms with Gasteiger partial charge in [-0.3, -0.25) is 9.59 Å². The Kier molecular flexibility index (Phi) is 9.67. The molecule has 0 spiro atoms.